The van der Waals surface area contributed by atoms with Crippen molar-refractivity contribution in [1.29, 1.82) is 0 Å². The molecule has 0 saturated heterocycles. The van der Waals surface area contributed by atoms with Gasteiger partial charge in [-0.05, 0) is 26.0 Å². The molecule has 1 aromatic carbocycles. The SMILES string of the molecule is CCCOCCOc1ccc(C(C)NCC)c(F)c1. The van der Waals surface area contributed by atoms with Gasteiger partial charge in [0, 0.05) is 24.3 Å². The zero-order valence-electron chi connectivity index (χ0n) is 12.0. The molecule has 0 saturated carbocycles. The Morgan fingerprint density at radius 2 is 2.00 bits per heavy atom. The van der Waals surface area contributed by atoms with Crippen LogP contribution in [0.3, 0.4) is 0 Å². The molecule has 0 aliphatic heterocycles. The van der Waals surface area contributed by atoms with Crippen LogP contribution in [-0.4, -0.2) is 26.4 Å². The molecule has 0 fully saturated rings. The van der Waals surface area contributed by atoms with E-state index in [-0.39, 0.29) is 11.9 Å². The lowest BCUT2D eigenvalue weighted by Gasteiger charge is -2.14. The summed E-state index contributed by atoms with van der Waals surface area (Å²) in [6.45, 7) is 8.53. The molecule has 19 heavy (non-hydrogen) atoms. The minimum Gasteiger partial charge on any atom is -0.491 e. The standard InChI is InChI=1S/C15H24FNO2/c1-4-8-18-9-10-19-13-6-7-14(15(16)11-13)12(3)17-5-2/h6-7,11-12,17H,4-5,8-10H2,1-3H3. The lowest BCUT2D eigenvalue weighted by molar-refractivity contribution is 0.100. The first kappa shape index (κ1) is 15.9. The molecule has 3 nitrogen and oxygen atoms in total. The fraction of sp³-hybridized carbons (Fsp3) is 0.600. The van der Waals surface area contributed by atoms with Gasteiger partial charge in [0.25, 0.3) is 0 Å². The molecule has 0 radical (unpaired) electrons. The van der Waals surface area contributed by atoms with Crippen LogP contribution >= 0.6 is 0 Å². The highest BCUT2D eigenvalue weighted by Crippen LogP contribution is 2.21. The van der Waals surface area contributed by atoms with Crippen LogP contribution in [0.5, 0.6) is 5.75 Å². The second-order valence-corrected chi connectivity index (χ2v) is 4.42. The maximum absolute atomic E-state index is 13.9. The molecule has 0 aromatic heterocycles. The molecule has 0 bridgehead atoms. The van der Waals surface area contributed by atoms with Crippen molar-refractivity contribution in [1.82, 2.24) is 5.32 Å². The van der Waals surface area contributed by atoms with Crippen molar-refractivity contribution < 1.29 is 13.9 Å². The van der Waals surface area contributed by atoms with Gasteiger partial charge in [0.15, 0.2) is 0 Å². The number of nitrogens with one attached hydrogen (secondary N) is 1. The largest absolute Gasteiger partial charge is 0.491 e. The van der Waals surface area contributed by atoms with E-state index >= 15 is 0 Å². The van der Waals surface area contributed by atoms with Gasteiger partial charge >= 0.3 is 0 Å². The molecule has 1 aromatic rings. The fourth-order valence-electron chi connectivity index (χ4n) is 1.83. The third-order valence-corrected chi connectivity index (χ3v) is 2.79. The number of benzene rings is 1. The second kappa shape index (κ2) is 8.88. The predicted molar refractivity (Wildman–Crippen MR) is 75.1 cm³/mol. The van der Waals surface area contributed by atoms with Gasteiger partial charge in [0.2, 0.25) is 0 Å². The molecule has 0 heterocycles. The van der Waals surface area contributed by atoms with Gasteiger partial charge in [-0.1, -0.05) is 19.9 Å². The zero-order chi connectivity index (χ0) is 14.1. The van der Waals surface area contributed by atoms with Crippen LogP contribution in [0.25, 0.3) is 0 Å². The minimum absolute atomic E-state index is 0.00642. The normalized spacial score (nSPS) is 12.4. The molecule has 1 unspecified atom stereocenters. The van der Waals surface area contributed by atoms with E-state index < -0.39 is 0 Å². The summed E-state index contributed by atoms with van der Waals surface area (Å²) in [6.07, 6.45) is 0.992. The zero-order valence-corrected chi connectivity index (χ0v) is 12.0. The number of hydrogen-bond donors (Lipinski definition) is 1. The summed E-state index contributed by atoms with van der Waals surface area (Å²) in [5.74, 6) is 0.311. The van der Waals surface area contributed by atoms with Crippen LogP contribution in [0, 0.1) is 5.82 Å². The van der Waals surface area contributed by atoms with E-state index in [4.69, 9.17) is 9.47 Å². The van der Waals surface area contributed by atoms with Crippen molar-refractivity contribution in [3.63, 3.8) is 0 Å². The Labute approximate surface area is 115 Å². The Morgan fingerprint density at radius 1 is 1.21 bits per heavy atom. The molecule has 1 N–H and O–H groups in total. The van der Waals surface area contributed by atoms with Crippen molar-refractivity contribution in [3.05, 3.63) is 29.6 Å². The molecule has 4 heteroatoms. The van der Waals surface area contributed by atoms with Crippen molar-refractivity contribution in [2.24, 2.45) is 0 Å². The molecule has 0 aliphatic rings. The summed E-state index contributed by atoms with van der Waals surface area (Å²) in [5, 5.41) is 3.19. The smallest absolute Gasteiger partial charge is 0.131 e. The van der Waals surface area contributed by atoms with Gasteiger partial charge < -0.3 is 14.8 Å². The number of halogens is 1. The fourth-order valence-corrected chi connectivity index (χ4v) is 1.83. The summed E-state index contributed by atoms with van der Waals surface area (Å²) in [4.78, 5) is 0. The van der Waals surface area contributed by atoms with Crippen LogP contribution in [0.1, 0.15) is 38.8 Å². The minimum atomic E-state index is -0.236. The summed E-state index contributed by atoms with van der Waals surface area (Å²) in [6, 6.07) is 5.01. The van der Waals surface area contributed by atoms with Gasteiger partial charge in [-0.2, -0.15) is 0 Å². The summed E-state index contributed by atoms with van der Waals surface area (Å²) >= 11 is 0. The molecule has 0 amide bonds. The highest BCUT2D eigenvalue weighted by atomic mass is 19.1. The van der Waals surface area contributed by atoms with Gasteiger partial charge in [-0.25, -0.2) is 4.39 Å². The van der Waals surface area contributed by atoms with E-state index in [9.17, 15) is 4.39 Å². The van der Waals surface area contributed by atoms with Crippen molar-refractivity contribution in [2.45, 2.75) is 33.2 Å². The van der Waals surface area contributed by atoms with E-state index in [1.165, 1.54) is 6.07 Å². The lowest BCUT2D eigenvalue weighted by atomic mass is 10.1. The molecule has 1 rings (SSSR count). The second-order valence-electron chi connectivity index (χ2n) is 4.42. The van der Waals surface area contributed by atoms with Crippen molar-refractivity contribution in [3.8, 4) is 5.75 Å². The molecular formula is C15H24FNO2. The van der Waals surface area contributed by atoms with Crippen LogP contribution in [0.4, 0.5) is 4.39 Å². The predicted octanol–water partition coefficient (Wildman–Crippen LogP) is 3.30. The van der Waals surface area contributed by atoms with Crippen LogP contribution in [-0.2, 0) is 4.74 Å². The Kier molecular flexibility index (Phi) is 7.45. The summed E-state index contributed by atoms with van der Waals surface area (Å²) in [7, 11) is 0. The first-order valence-electron chi connectivity index (χ1n) is 6.92. The number of rotatable bonds is 9. The monoisotopic (exact) mass is 269 g/mol. The Morgan fingerprint density at radius 3 is 2.63 bits per heavy atom. The Balaban J connectivity index is 2.47. The molecule has 108 valence electrons. The van der Waals surface area contributed by atoms with Crippen LogP contribution < -0.4 is 10.1 Å². The van der Waals surface area contributed by atoms with E-state index in [1.807, 2.05) is 13.8 Å². The van der Waals surface area contributed by atoms with Gasteiger partial charge in [0.05, 0.1) is 6.61 Å². The molecule has 1 atom stereocenters. The van der Waals surface area contributed by atoms with E-state index in [2.05, 4.69) is 12.2 Å². The average Bonchev–Trinajstić information content (AvgIpc) is 2.39. The van der Waals surface area contributed by atoms with E-state index in [0.29, 0.717) is 24.5 Å². The Bertz CT molecular complexity index is 371. The van der Waals surface area contributed by atoms with Crippen LogP contribution in [0.15, 0.2) is 18.2 Å². The summed E-state index contributed by atoms with van der Waals surface area (Å²) < 4.78 is 24.6. The maximum atomic E-state index is 13.9. The van der Waals surface area contributed by atoms with Gasteiger partial charge in [-0.15, -0.1) is 0 Å². The number of hydrogen-bond acceptors (Lipinski definition) is 3. The summed E-state index contributed by atoms with van der Waals surface area (Å²) in [5.41, 5.74) is 0.663. The topological polar surface area (TPSA) is 30.5 Å². The molecular weight excluding hydrogens is 245 g/mol. The first-order valence-corrected chi connectivity index (χ1v) is 6.92. The highest BCUT2D eigenvalue weighted by molar-refractivity contribution is 5.30. The van der Waals surface area contributed by atoms with Crippen molar-refractivity contribution >= 4 is 0 Å². The van der Waals surface area contributed by atoms with E-state index in [0.717, 1.165) is 19.6 Å². The molecule has 0 aliphatic carbocycles. The third-order valence-electron chi connectivity index (χ3n) is 2.79. The quantitative estimate of drug-likeness (QED) is 0.698. The average molecular weight is 269 g/mol. The van der Waals surface area contributed by atoms with E-state index in [1.54, 1.807) is 12.1 Å². The van der Waals surface area contributed by atoms with Gasteiger partial charge in [0.1, 0.15) is 18.2 Å². The van der Waals surface area contributed by atoms with Crippen LogP contribution in [0.2, 0.25) is 0 Å². The van der Waals surface area contributed by atoms with Crippen molar-refractivity contribution in [2.75, 3.05) is 26.4 Å². The maximum Gasteiger partial charge on any atom is 0.131 e. The van der Waals surface area contributed by atoms with Gasteiger partial charge in [-0.3, -0.25) is 0 Å². The lowest BCUT2D eigenvalue weighted by Crippen LogP contribution is -2.18. The first-order chi connectivity index (χ1) is 9.19. The highest BCUT2D eigenvalue weighted by Gasteiger charge is 2.10. The molecule has 0 spiro atoms. The number of ether oxygens (including phenoxy) is 2. The Hall–Kier alpha value is -1.13. The third kappa shape index (κ3) is 5.57.